The Labute approximate surface area is 49.6 Å². The summed E-state index contributed by atoms with van der Waals surface area (Å²) in [5.41, 5.74) is 0. The van der Waals surface area contributed by atoms with Crippen molar-refractivity contribution in [1.82, 2.24) is 5.32 Å². The summed E-state index contributed by atoms with van der Waals surface area (Å²) in [7, 11) is 0. The number of hydrogen-bond acceptors (Lipinski definition) is 1. The highest BCUT2D eigenvalue weighted by molar-refractivity contribution is 5.48. The molecule has 0 saturated carbocycles. The molecular formula is C6H10NO. The molecule has 45 valence electrons. The quantitative estimate of drug-likeness (QED) is 0.539. The summed E-state index contributed by atoms with van der Waals surface area (Å²) < 4.78 is 0. The zero-order valence-electron chi connectivity index (χ0n) is 4.98. The number of unbranched alkanes of at least 4 members (excludes halogenated alkanes) is 1. The van der Waals surface area contributed by atoms with Crippen molar-refractivity contribution in [3.05, 3.63) is 12.3 Å². The monoisotopic (exact) mass is 112 g/mol. The van der Waals surface area contributed by atoms with Crippen LogP contribution in [0, 0.1) is 0 Å². The third-order valence-electron chi connectivity index (χ3n) is 0.715. The fourth-order valence-corrected chi connectivity index (χ4v) is 0.343. The van der Waals surface area contributed by atoms with Crippen molar-refractivity contribution in [2.45, 2.75) is 19.8 Å². The van der Waals surface area contributed by atoms with Crippen molar-refractivity contribution in [2.24, 2.45) is 0 Å². The Kier molecular flexibility index (Phi) is 5.60. The molecule has 0 bridgehead atoms. The second-order valence-corrected chi connectivity index (χ2v) is 1.44. The molecule has 0 saturated heterocycles. The van der Waals surface area contributed by atoms with Crippen molar-refractivity contribution >= 4 is 6.41 Å². The molecule has 0 aliphatic heterocycles. The highest BCUT2D eigenvalue weighted by Crippen LogP contribution is 1.84. The summed E-state index contributed by atoms with van der Waals surface area (Å²) in [4.78, 5) is 9.48. The summed E-state index contributed by atoms with van der Waals surface area (Å²) in [6.07, 6.45) is 7.14. The van der Waals surface area contributed by atoms with E-state index in [2.05, 4.69) is 12.2 Å². The molecule has 0 rings (SSSR count). The van der Waals surface area contributed by atoms with Gasteiger partial charge in [0.25, 0.3) is 0 Å². The van der Waals surface area contributed by atoms with Gasteiger partial charge in [-0.25, -0.2) is 0 Å². The van der Waals surface area contributed by atoms with Crippen molar-refractivity contribution in [3.8, 4) is 0 Å². The Bertz CT molecular complexity index is 78.6. The number of allylic oxidation sites excluding steroid dienone is 1. The SMILES string of the molecule is CCCC=CN[C]=O. The van der Waals surface area contributed by atoms with Crippen LogP contribution in [0.4, 0.5) is 0 Å². The maximum absolute atomic E-state index is 9.48. The maximum Gasteiger partial charge on any atom is 0.313 e. The largest absolute Gasteiger partial charge is 0.325 e. The maximum atomic E-state index is 9.48. The van der Waals surface area contributed by atoms with Gasteiger partial charge >= 0.3 is 6.41 Å². The molecule has 1 N–H and O–H groups in total. The molecule has 0 aromatic carbocycles. The number of hydrogen-bond donors (Lipinski definition) is 1. The Balaban J connectivity index is 2.94. The number of amides is 1. The lowest BCUT2D eigenvalue weighted by Gasteiger charge is -1.81. The number of rotatable bonds is 4. The van der Waals surface area contributed by atoms with Crippen LogP contribution in [-0.2, 0) is 4.79 Å². The van der Waals surface area contributed by atoms with Gasteiger partial charge in [-0.2, -0.15) is 0 Å². The molecule has 0 fully saturated rings. The standard InChI is InChI=1S/C6H10NO/c1-2-3-4-5-7-6-8/h4-5H,2-3H2,1H3,(H,7,8). The molecule has 1 radical (unpaired) electrons. The lowest BCUT2D eigenvalue weighted by atomic mass is 10.3. The highest BCUT2D eigenvalue weighted by Gasteiger charge is 1.70. The predicted molar refractivity (Wildman–Crippen MR) is 32.9 cm³/mol. The van der Waals surface area contributed by atoms with Crippen molar-refractivity contribution in [3.63, 3.8) is 0 Å². The fourth-order valence-electron chi connectivity index (χ4n) is 0.343. The molecule has 0 unspecified atom stereocenters. The second-order valence-electron chi connectivity index (χ2n) is 1.44. The van der Waals surface area contributed by atoms with Gasteiger partial charge in [-0.05, 0) is 6.42 Å². The zero-order valence-corrected chi connectivity index (χ0v) is 4.98. The zero-order chi connectivity index (χ0) is 6.24. The molecule has 2 nitrogen and oxygen atoms in total. The average Bonchev–Trinajstić information content (AvgIpc) is 1.81. The van der Waals surface area contributed by atoms with E-state index in [4.69, 9.17) is 0 Å². The van der Waals surface area contributed by atoms with E-state index in [1.54, 1.807) is 6.20 Å². The third kappa shape index (κ3) is 5.21. The van der Waals surface area contributed by atoms with Gasteiger partial charge in [-0.3, -0.25) is 4.79 Å². The highest BCUT2D eigenvalue weighted by atomic mass is 16.1. The lowest BCUT2D eigenvalue weighted by Crippen LogP contribution is -1.97. The van der Waals surface area contributed by atoms with Gasteiger partial charge in [-0.15, -0.1) is 0 Å². The fraction of sp³-hybridized carbons (Fsp3) is 0.500. The molecular weight excluding hydrogens is 102 g/mol. The summed E-state index contributed by atoms with van der Waals surface area (Å²) in [6, 6.07) is 0. The van der Waals surface area contributed by atoms with Crippen LogP contribution in [0.15, 0.2) is 12.3 Å². The second kappa shape index (κ2) is 6.21. The summed E-state index contributed by atoms with van der Waals surface area (Å²) in [6.45, 7) is 2.08. The van der Waals surface area contributed by atoms with Crippen LogP contribution in [0.2, 0.25) is 0 Å². The Morgan fingerprint density at radius 2 is 2.50 bits per heavy atom. The minimum absolute atomic E-state index is 1.01. The average molecular weight is 112 g/mol. The first-order valence-corrected chi connectivity index (χ1v) is 2.69. The van der Waals surface area contributed by atoms with E-state index in [0.717, 1.165) is 12.8 Å². The van der Waals surface area contributed by atoms with Crippen LogP contribution >= 0.6 is 0 Å². The normalized spacial score (nSPS) is 9.62. The van der Waals surface area contributed by atoms with Crippen LogP contribution in [0.5, 0.6) is 0 Å². The third-order valence-corrected chi connectivity index (χ3v) is 0.715. The molecule has 1 amide bonds. The van der Waals surface area contributed by atoms with Crippen LogP contribution < -0.4 is 5.32 Å². The minimum atomic E-state index is 1.01. The molecule has 0 heterocycles. The molecule has 0 atom stereocenters. The van der Waals surface area contributed by atoms with E-state index in [9.17, 15) is 4.79 Å². The number of nitrogens with one attached hydrogen (secondary N) is 1. The van der Waals surface area contributed by atoms with Gasteiger partial charge in [-0.1, -0.05) is 19.4 Å². The van der Waals surface area contributed by atoms with Gasteiger partial charge in [0.05, 0.1) is 0 Å². The van der Waals surface area contributed by atoms with Crippen LogP contribution in [-0.4, -0.2) is 6.41 Å². The minimum Gasteiger partial charge on any atom is -0.325 e. The smallest absolute Gasteiger partial charge is 0.313 e. The molecule has 0 aliphatic rings. The van der Waals surface area contributed by atoms with E-state index < -0.39 is 0 Å². The van der Waals surface area contributed by atoms with E-state index >= 15 is 0 Å². The van der Waals surface area contributed by atoms with Gasteiger partial charge in [0.2, 0.25) is 0 Å². The lowest BCUT2D eigenvalue weighted by molar-refractivity contribution is 0.550. The van der Waals surface area contributed by atoms with E-state index in [-0.39, 0.29) is 0 Å². The molecule has 0 aliphatic carbocycles. The summed E-state index contributed by atoms with van der Waals surface area (Å²) in [5, 5.41) is 2.30. The van der Waals surface area contributed by atoms with Crippen LogP contribution in [0.25, 0.3) is 0 Å². The molecule has 2 heteroatoms. The Morgan fingerprint density at radius 3 is 3.00 bits per heavy atom. The Morgan fingerprint density at radius 1 is 1.75 bits per heavy atom. The topological polar surface area (TPSA) is 29.1 Å². The predicted octanol–water partition coefficient (Wildman–Crippen LogP) is 0.957. The van der Waals surface area contributed by atoms with E-state index in [0.29, 0.717) is 0 Å². The van der Waals surface area contributed by atoms with Crippen molar-refractivity contribution in [1.29, 1.82) is 0 Å². The molecule has 0 aromatic rings. The van der Waals surface area contributed by atoms with E-state index in [1.807, 2.05) is 6.08 Å². The first-order valence-electron chi connectivity index (χ1n) is 2.69. The number of carbonyl (C=O) groups excluding carboxylic acids is 1. The Hall–Kier alpha value is -0.790. The van der Waals surface area contributed by atoms with Crippen LogP contribution in [0.1, 0.15) is 19.8 Å². The first kappa shape index (κ1) is 7.21. The van der Waals surface area contributed by atoms with Gasteiger partial charge < -0.3 is 5.32 Å². The van der Waals surface area contributed by atoms with Gasteiger partial charge in [0.15, 0.2) is 0 Å². The van der Waals surface area contributed by atoms with Crippen molar-refractivity contribution < 1.29 is 4.79 Å². The first-order chi connectivity index (χ1) is 3.91. The molecule has 0 spiro atoms. The summed E-state index contributed by atoms with van der Waals surface area (Å²) in [5.74, 6) is 0. The molecule has 0 aromatic heterocycles. The summed E-state index contributed by atoms with van der Waals surface area (Å²) >= 11 is 0. The van der Waals surface area contributed by atoms with E-state index in [1.165, 1.54) is 6.41 Å². The van der Waals surface area contributed by atoms with Crippen LogP contribution in [0.3, 0.4) is 0 Å². The van der Waals surface area contributed by atoms with Crippen molar-refractivity contribution in [2.75, 3.05) is 0 Å². The van der Waals surface area contributed by atoms with Gasteiger partial charge in [0, 0.05) is 6.20 Å². The molecule has 8 heavy (non-hydrogen) atoms. The van der Waals surface area contributed by atoms with Gasteiger partial charge in [0.1, 0.15) is 0 Å².